The van der Waals surface area contributed by atoms with Gasteiger partial charge in [0.05, 0.1) is 11.5 Å². The Bertz CT molecular complexity index is 2030. The predicted molar refractivity (Wildman–Crippen MR) is 285 cm³/mol. The van der Waals surface area contributed by atoms with Crippen LogP contribution in [0, 0.1) is 0 Å². The van der Waals surface area contributed by atoms with Gasteiger partial charge in [0.25, 0.3) is 10.1 Å². The van der Waals surface area contributed by atoms with E-state index in [9.17, 15) is 21.4 Å². The molecule has 0 aliphatic heterocycles. The lowest BCUT2D eigenvalue weighted by atomic mass is 10.0. The highest BCUT2D eigenvalue weighted by atomic mass is 32.2. The van der Waals surface area contributed by atoms with Crippen LogP contribution in [0.4, 0.5) is 0 Å². The van der Waals surface area contributed by atoms with E-state index < -0.39 is 20.2 Å². The second-order valence-electron chi connectivity index (χ2n) is 18.3. The zero-order valence-electron chi connectivity index (χ0n) is 42.4. The van der Waals surface area contributed by atoms with Crippen molar-refractivity contribution in [3.63, 3.8) is 0 Å². The summed E-state index contributed by atoms with van der Waals surface area (Å²) in [6.07, 6.45) is 42.5. The van der Waals surface area contributed by atoms with Crippen LogP contribution in [0.15, 0.2) is 88.7 Å². The van der Waals surface area contributed by atoms with E-state index in [1.54, 1.807) is 24.3 Å². The molecule has 8 nitrogen and oxygen atoms in total. The molecule has 0 radical (unpaired) electrons. The molecule has 4 N–H and O–H groups in total. The molecular weight excluding hydrogens is 875 g/mol. The maximum Gasteiger partial charge on any atom is 0.297 e. The van der Waals surface area contributed by atoms with Crippen LogP contribution in [0.2, 0.25) is 0 Å². The molecular formula is C57H93NO7S2. The highest BCUT2D eigenvalue weighted by Gasteiger charge is 2.18. The molecule has 0 saturated heterocycles. The van der Waals surface area contributed by atoms with Crippen molar-refractivity contribution in [2.24, 2.45) is 0 Å². The number of hydrogen-bond donors (Lipinski definition) is 1. The molecule has 0 saturated carbocycles. The smallest absolute Gasteiger partial charge is 0.297 e. The summed E-state index contributed by atoms with van der Waals surface area (Å²) in [5, 5.41) is 3.00. The Labute approximate surface area is 409 Å². The minimum absolute atomic E-state index is 0. The zero-order valence-corrected chi connectivity index (χ0v) is 44.1. The van der Waals surface area contributed by atoms with Crippen molar-refractivity contribution < 1.29 is 30.4 Å². The van der Waals surface area contributed by atoms with Crippen LogP contribution in [0.1, 0.15) is 225 Å². The number of carbonyl (C=O) groups is 1. The van der Waals surface area contributed by atoms with Crippen LogP contribution in [0.25, 0.3) is 21.5 Å². The number of aryl methyl sites for hydroxylation is 1. The van der Waals surface area contributed by atoms with Crippen LogP contribution >= 0.6 is 0 Å². The highest BCUT2D eigenvalue weighted by Crippen LogP contribution is 2.29. The van der Waals surface area contributed by atoms with Gasteiger partial charge in [-0.15, -0.1) is 0 Å². The maximum atomic E-state index is 12.6. The number of fused-ring (bicyclic) bond motifs is 2. The third-order valence-corrected chi connectivity index (χ3v) is 15.1. The molecule has 0 amide bonds. The van der Waals surface area contributed by atoms with Crippen molar-refractivity contribution in [2.45, 2.75) is 236 Å². The fraction of sp³-hybridized carbons (Fsp3) is 0.632. The highest BCUT2D eigenvalue weighted by molar-refractivity contribution is 7.87. The second-order valence-corrected chi connectivity index (χ2v) is 21.2. The van der Waals surface area contributed by atoms with Gasteiger partial charge < -0.3 is 15.5 Å². The minimum Gasteiger partial charge on any atom is -0.744 e. The van der Waals surface area contributed by atoms with Crippen molar-refractivity contribution in [2.75, 3.05) is 6.61 Å². The third-order valence-electron chi connectivity index (χ3n) is 12.8. The largest absolute Gasteiger partial charge is 0.744 e. The molecule has 10 heteroatoms. The monoisotopic (exact) mass is 968 g/mol. The van der Waals surface area contributed by atoms with Gasteiger partial charge in [-0.2, -0.15) is 8.42 Å². The van der Waals surface area contributed by atoms with Crippen LogP contribution in [-0.2, 0) is 35.6 Å². The number of unbranched alkanes of at least 4 members (excludes halogenated alkanes) is 30. The van der Waals surface area contributed by atoms with Crippen LogP contribution in [-0.4, -0.2) is 34.8 Å². The molecule has 0 aromatic heterocycles. The summed E-state index contributed by atoms with van der Waals surface area (Å²) in [6.45, 7) is 6.81. The number of benzene rings is 4. The maximum absolute atomic E-state index is 12.6. The van der Waals surface area contributed by atoms with E-state index in [0.717, 1.165) is 48.3 Å². The minimum atomic E-state index is -4.48. The molecule has 0 bridgehead atoms. The fourth-order valence-corrected chi connectivity index (χ4v) is 11.1. The summed E-state index contributed by atoms with van der Waals surface area (Å²) in [4.78, 5) is 8.25. The van der Waals surface area contributed by atoms with Gasteiger partial charge in [0, 0.05) is 5.39 Å². The summed E-state index contributed by atoms with van der Waals surface area (Å²) in [5.41, 5.74) is 0.670. The second kappa shape index (κ2) is 39.7. The number of hydrogen-bond acceptors (Lipinski definition) is 7. The van der Waals surface area contributed by atoms with Crippen LogP contribution in [0.5, 0.6) is 0 Å². The molecule has 0 atom stereocenters. The molecule has 4 aromatic rings. The van der Waals surface area contributed by atoms with Gasteiger partial charge in [0.15, 0.2) is 0 Å². The summed E-state index contributed by atoms with van der Waals surface area (Å²) in [6, 6.07) is 23.8. The summed E-state index contributed by atoms with van der Waals surface area (Å²) < 4.78 is 66.1. The Morgan fingerprint density at radius 1 is 0.418 bits per heavy atom. The standard InChI is InChI=1S/2C28H44O3S.CH2O.H3N/c1-2-3-4-5-6-7-8-9-10-11-12-13-14-15-16-19-25-31-32(29,30)28-24-20-22-26-21-17-18-23-27(26)28;1-2-3-4-5-6-7-8-9-10-11-12-13-14-15-16-17-21-26-24-23-25-20-18-19-22-27(25)28(26)32(29,30)31;1-2;/h17-18,20-24H,2-16,19,25H2,1H3;18-20,22-24H,2-17,21H2,1H3,(H,29,30,31);1H2;1H3. The van der Waals surface area contributed by atoms with E-state index in [1.807, 2.05) is 61.4 Å². The Kier molecular flexibility index (Phi) is 36.6. The predicted octanol–water partition coefficient (Wildman–Crippen LogP) is 17.5. The average Bonchev–Trinajstić information content (AvgIpc) is 3.32. The van der Waals surface area contributed by atoms with Crippen molar-refractivity contribution in [3.8, 4) is 0 Å². The molecule has 0 fully saturated rings. The van der Waals surface area contributed by atoms with Crippen molar-refractivity contribution in [1.82, 2.24) is 6.15 Å². The normalized spacial score (nSPS) is 11.4. The first-order valence-electron chi connectivity index (χ1n) is 26.3. The van der Waals surface area contributed by atoms with E-state index in [-0.39, 0.29) is 22.5 Å². The van der Waals surface area contributed by atoms with E-state index in [4.69, 9.17) is 8.98 Å². The van der Waals surface area contributed by atoms with E-state index in [2.05, 4.69) is 13.8 Å². The van der Waals surface area contributed by atoms with Gasteiger partial charge in [0.1, 0.15) is 21.8 Å². The summed E-state index contributed by atoms with van der Waals surface area (Å²) in [7, 11) is -8.19. The van der Waals surface area contributed by atoms with Gasteiger partial charge >= 0.3 is 0 Å². The van der Waals surface area contributed by atoms with Crippen LogP contribution < -0.4 is 6.15 Å². The molecule has 380 valence electrons. The lowest BCUT2D eigenvalue weighted by molar-refractivity contribution is -0.0980. The SMILES string of the molecule is C=O.CCCCCCCCCCCCCCCCCCOS(=O)(=O)c1cccc2ccccc12.CCCCCCCCCCCCCCCCCCc1ccc2ccccc2c1S(=O)(=O)[O-].[NH4+]. The molecule has 0 aliphatic rings. The molecule has 0 heterocycles. The molecule has 4 rings (SSSR count). The summed E-state index contributed by atoms with van der Waals surface area (Å²) >= 11 is 0. The number of rotatable bonds is 37. The first kappa shape index (κ1) is 61.9. The van der Waals surface area contributed by atoms with Crippen LogP contribution in [0.3, 0.4) is 0 Å². The van der Waals surface area contributed by atoms with Crippen molar-refractivity contribution in [1.29, 1.82) is 0 Å². The van der Waals surface area contributed by atoms with Gasteiger partial charge in [-0.05, 0) is 47.1 Å². The van der Waals surface area contributed by atoms with Gasteiger partial charge in [0.2, 0.25) is 0 Å². The average molecular weight is 969 g/mol. The lowest BCUT2D eigenvalue weighted by Crippen LogP contribution is -2.08. The Morgan fingerprint density at radius 2 is 0.761 bits per heavy atom. The van der Waals surface area contributed by atoms with Gasteiger partial charge in [-0.3, -0.25) is 4.18 Å². The van der Waals surface area contributed by atoms with E-state index in [0.29, 0.717) is 17.4 Å². The van der Waals surface area contributed by atoms with Crippen molar-refractivity contribution in [3.05, 3.63) is 84.4 Å². The Hall–Kier alpha value is -3.15. The first-order chi connectivity index (χ1) is 32.2. The summed E-state index contributed by atoms with van der Waals surface area (Å²) in [5.74, 6) is 0. The quantitative estimate of drug-likeness (QED) is 0.0268. The Morgan fingerprint density at radius 3 is 1.18 bits per heavy atom. The zero-order chi connectivity index (χ0) is 48.0. The van der Waals surface area contributed by atoms with E-state index >= 15 is 0 Å². The molecule has 4 aromatic carbocycles. The van der Waals surface area contributed by atoms with E-state index in [1.165, 1.54) is 173 Å². The first-order valence-corrected chi connectivity index (χ1v) is 29.1. The van der Waals surface area contributed by atoms with Gasteiger partial charge in [-0.1, -0.05) is 279 Å². The molecule has 0 aliphatic carbocycles. The number of carbonyl (C=O) groups excluding carboxylic acids is 1. The number of quaternary nitrogens is 1. The Balaban J connectivity index is 0.000000637. The lowest BCUT2D eigenvalue weighted by Gasteiger charge is -2.16. The molecule has 0 spiro atoms. The van der Waals surface area contributed by atoms with Crippen molar-refractivity contribution >= 4 is 48.6 Å². The molecule has 67 heavy (non-hydrogen) atoms. The topological polar surface area (TPSA) is 154 Å². The third kappa shape index (κ3) is 27.6. The van der Waals surface area contributed by atoms with Gasteiger partial charge in [-0.25, -0.2) is 8.42 Å². The fourth-order valence-electron chi connectivity index (χ4n) is 8.94. The molecule has 0 unspecified atom stereocenters.